The topological polar surface area (TPSA) is 38.5 Å². The second-order valence-electron chi connectivity index (χ2n) is 3.63. The van der Waals surface area contributed by atoms with Crippen LogP contribution < -0.4 is 5.73 Å². The Morgan fingerprint density at radius 1 is 1.27 bits per heavy atom. The number of benzene rings is 1. The Morgan fingerprint density at radius 3 is 2.67 bits per heavy atom. The Morgan fingerprint density at radius 2 is 2.00 bits per heavy atom. The van der Waals surface area contributed by atoms with Crippen LogP contribution in [0.3, 0.4) is 0 Å². The van der Waals surface area contributed by atoms with Crippen molar-refractivity contribution in [1.29, 1.82) is 0 Å². The van der Waals surface area contributed by atoms with Crippen molar-refractivity contribution >= 4 is 18.1 Å². The van der Waals surface area contributed by atoms with Gasteiger partial charge in [-0.15, -0.1) is 12.4 Å². The molecule has 15 heavy (non-hydrogen) atoms. The predicted molar refractivity (Wildman–Crippen MR) is 64.2 cm³/mol. The molecule has 0 spiro atoms. The van der Waals surface area contributed by atoms with Gasteiger partial charge in [0.25, 0.3) is 0 Å². The maximum atomic E-state index is 5.72. The number of ether oxygens (including phenoxy) is 1. The number of nitrogen functional groups attached to an aromatic ring is 1. The predicted octanol–water partition coefficient (Wildman–Crippen LogP) is 1.52. The average Bonchev–Trinajstić information content (AvgIpc) is 2.19. The van der Waals surface area contributed by atoms with E-state index in [0.717, 1.165) is 38.5 Å². The summed E-state index contributed by atoms with van der Waals surface area (Å²) in [7, 11) is 0. The van der Waals surface area contributed by atoms with Crippen LogP contribution in [0.4, 0.5) is 5.69 Å². The SMILES string of the molecule is Cl.Nc1cccc(CN2CCOCC2)c1. The molecule has 0 aliphatic carbocycles. The third-order valence-electron chi connectivity index (χ3n) is 2.46. The Hall–Kier alpha value is -0.770. The van der Waals surface area contributed by atoms with Gasteiger partial charge in [-0.3, -0.25) is 4.90 Å². The lowest BCUT2D eigenvalue weighted by Crippen LogP contribution is -2.35. The maximum absolute atomic E-state index is 5.72. The highest BCUT2D eigenvalue weighted by molar-refractivity contribution is 5.85. The number of anilines is 1. The van der Waals surface area contributed by atoms with E-state index in [2.05, 4.69) is 11.0 Å². The molecular weight excluding hydrogens is 212 g/mol. The number of rotatable bonds is 2. The standard InChI is InChI=1S/C11H16N2O.ClH/c12-11-3-1-2-10(8-11)9-13-4-6-14-7-5-13;/h1-3,8H,4-7,9,12H2;1H. The molecule has 0 amide bonds. The Kier molecular flexibility index (Phi) is 4.88. The molecule has 4 heteroatoms. The zero-order valence-corrected chi connectivity index (χ0v) is 9.50. The fourth-order valence-corrected chi connectivity index (χ4v) is 1.71. The van der Waals surface area contributed by atoms with Crippen LogP contribution in [-0.4, -0.2) is 31.2 Å². The van der Waals surface area contributed by atoms with Crippen LogP contribution in [0.15, 0.2) is 24.3 Å². The number of nitrogens with two attached hydrogens (primary N) is 1. The van der Waals surface area contributed by atoms with Gasteiger partial charge in [-0.1, -0.05) is 12.1 Å². The highest BCUT2D eigenvalue weighted by Crippen LogP contribution is 2.10. The third kappa shape index (κ3) is 3.70. The van der Waals surface area contributed by atoms with E-state index in [-0.39, 0.29) is 12.4 Å². The molecule has 0 bridgehead atoms. The van der Waals surface area contributed by atoms with E-state index >= 15 is 0 Å². The minimum atomic E-state index is 0. The van der Waals surface area contributed by atoms with E-state index in [1.165, 1.54) is 5.56 Å². The second-order valence-corrected chi connectivity index (χ2v) is 3.63. The van der Waals surface area contributed by atoms with Crippen molar-refractivity contribution in [1.82, 2.24) is 4.90 Å². The first kappa shape index (κ1) is 12.3. The van der Waals surface area contributed by atoms with Crippen molar-refractivity contribution < 1.29 is 4.74 Å². The van der Waals surface area contributed by atoms with Crippen molar-refractivity contribution in [2.24, 2.45) is 0 Å². The van der Waals surface area contributed by atoms with Crippen molar-refractivity contribution in [3.63, 3.8) is 0 Å². The summed E-state index contributed by atoms with van der Waals surface area (Å²) >= 11 is 0. The van der Waals surface area contributed by atoms with Crippen molar-refractivity contribution in [3.8, 4) is 0 Å². The second kappa shape index (κ2) is 5.95. The number of nitrogens with zero attached hydrogens (tertiary/aromatic N) is 1. The van der Waals surface area contributed by atoms with E-state index in [4.69, 9.17) is 10.5 Å². The Bertz CT molecular complexity index is 300. The first-order valence-corrected chi connectivity index (χ1v) is 4.99. The van der Waals surface area contributed by atoms with Gasteiger partial charge in [0, 0.05) is 25.3 Å². The van der Waals surface area contributed by atoms with Crippen LogP contribution in [0.1, 0.15) is 5.56 Å². The summed E-state index contributed by atoms with van der Waals surface area (Å²) in [6, 6.07) is 8.08. The molecule has 84 valence electrons. The van der Waals surface area contributed by atoms with Gasteiger partial charge in [-0.2, -0.15) is 0 Å². The fraction of sp³-hybridized carbons (Fsp3) is 0.455. The average molecular weight is 229 g/mol. The van der Waals surface area contributed by atoms with Gasteiger partial charge in [-0.05, 0) is 17.7 Å². The zero-order chi connectivity index (χ0) is 9.80. The summed E-state index contributed by atoms with van der Waals surface area (Å²) in [5.41, 5.74) is 7.85. The van der Waals surface area contributed by atoms with Gasteiger partial charge < -0.3 is 10.5 Å². The minimum Gasteiger partial charge on any atom is -0.399 e. The molecule has 1 saturated heterocycles. The lowest BCUT2D eigenvalue weighted by molar-refractivity contribution is 0.0342. The molecular formula is C11H17ClN2O. The third-order valence-corrected chi connectivity index (χ3v) is 2.46. The van der Waals surface area contributed by atoms with Gasteiger partial charge in [0.2, 0.25) is 0 Å². The summed E-state index contributed by atoms with van der Waals surface area (Å²) in [6.07, 6.45) is 0. The number of halogens is 1. The van der Waals surface area contributed by atoms with E-state index in [9.17, 15) is 0 Å². The van der Waals surface area contributed by atoms with Gasteiger partial charge in [0.15, 0.2) is 0 Å². The highest BCUT2D eigenvalue weighted by Gasteiger charge is 2.10. The zero-order valence-electron chi connectivity index (χ0n) is 8.69. The van der Waals surface area contributed by atoms with Crippen LogP contribution >= 0.6 is 12.4 Å². The van der Waals surface area contributed by atoms with E-state index < -0.39 is 0 Å². The molecule has 1 aliphatic rings. The number of hydrogen-bond acceptors (Lipinski definition) is 3. The van der Waals surface area contributed by atoms with Crippen LogP contribution in [0, 0.1) is 0 Å². The van der Waals surface area contributed by atoms with Gasteiger partial charge in [0.1, 0.15) is 0 Å². The fourth-order valence-electron chi connectivity index (χ4n) is 1.71. The molecule has 2 rings (SSSR count). The molecule has 1 fully saturated rings. The smallest absolute Gasteiger partial charge is 0.0594 e. The molecule has 3 nitrogen and oxygen atoms in total. The molecule has 0 unspecified atom stereocenters. The van der Waals surface area contributed by atoms with Crippen LogP contribution in [0.2, 0.25) is 0 Å². The molecule has 1 aromatic carbocycles. The first-order chi connectivity index (χ1) is 6.84. The van der Waals surface area contributed by atoms with Crippen molar-refractivity contribution in [2.75, 3.05) is 32.0 Å². The molecule has 0 atom stereocenters. The molecule has 0 radical (unpaired) electrons. The number of morpholine rings is 1. The summed E-state index contributed by atoms with van der Waals surface area (Å²) in [5, 5.41) is 0. The maximum Gasteiger partial charge on any atom is 0.0594 e. The quantitative estimate of drug-likeness (QED) is 0.781. The number of hydrogen-bond donors (Lipinski definition) is 1. The highest BCUT2D eigenvalue weighted by atomic mass is 35.5. The van der Waals surface area contributed by atoms with Gasteiger partial charge in [0.05, 0.1) is 13.2 Å². The molecule has 2 N–H and O–H groups in total. The largest absolute Gasteiger partial charge is 0.399 e. The summed E-state index contributed by atoms with van der Waals surface area (Å²) in [5.74, 6) is 0. The summed E-state index contributed by atoms with van der Waals surface area (Å²) in [4.78, 5) is 2.39. The van der Waals surface area contributed by atoms with E-state index in [0.29, 0.717) is 0 Å². The summed E-state index contributed by atoms with van der Waals surface area (Å²) < 4.78 is 5.29. The summed E-state index contributed by atoms with van der Waals surface area (Å²) in [6.45, 7) is 4.72. The minimum absolute atomic E-state index is 0. The van der Waals surface area contributed by atoms with Crippen LogP contribution in [-0.2, 0) is 11.3 Å². The lowest BCUT2D eigenvalue weighted by Gasteiger charge is -2.26. The van der Waals surface area contributed by atoms with Crippen LogP contribution in [0.25, 0.3) is 0 Å². The Balaban J connectivity index is 0.00000112. The van der Waals surface area contributed by atoms with E-state index in [1.807, 2.05) is 18.2 Å². The molecule has 1 heterocycles. The van der Waals surface area contributed by atoms with Gasteiger partial charge >= 0.3 is 0 Å². The van der Waals surface area contributed by atoms with Crippen molar-refractivity contribution in [2.45, 2.75) is 6.54 Å². The normalized spacial score (nSPS) is 17.1. The molecule has 0 aromatic heterocycles. The van der Waals surface area contributed by atoms with Crippen molar-refractivity contribution in [3.05, 3.63) is 29.8 Å². The lowest BCUT2D eigenvalue weighted by atomic mass is 10.2. The first-order valence-electron chi connectivity index (χ1n) is 4.99. The molecule has 0 saturated carbocycles. The Labute approximate surface area is 96.6 Å². The van der Waals surface area contributed by atoms with Crippen LogP contribution in [0.5, 0.6) is 0 Å². The monoisotopic (exact) mass is 228 g/mol. The molecule has 1 aliphatic heterocycles. The van der Waals surface area contributed by atoms with E-state index in [1.54, 1.807) is 0 Å². The molecule has 1 aromatic rings. The van der Waals surface area contributed by atoms with Gasteiger partial charge in [-0.25, -0.2) is 0 Å².